The van der Waals surface area contributed by atoms with Crippen molar-refractivity contribution in [3.05, 3.63) is 142 Å². The summed E-state index contributed by atoms with van der Waals surface area (Å²) in [6, 6.07) is 27.9. The van der Waals surface area contributed by atoms with Gasteiger partial charge in [0.05, 0.1) is 30.3 Å². The van der Waals surface area contributed by atoms with Crippen LogP contribution >= 0.6 is 0 Å². The lowest BCUT2D eigenvalue weighted by molar-refractivity contribution is -0.129. The van der Waals surface area contributed by atoms with Crippen molar-refractivity contribution in [1.82, 2.24) is 10.6 Å². The number of ketones is 2. The fourth-order valence-electron chi connectivity index (χ4n) is 8.93. The number of aryl methyl sites for hydroxylation is 2. The second-order valence-corrected chi connectivity index (χ2v) is 18.0. The summed E-state index contributed by atoms with van der Waals surface area (Å²) in [6.45, 7) is 3.47. The first-order valence-electron chi connectivity index (χ1n) is 23.0. The molecule has 2 aliphatic carbocycles. The molecule has 0 radical (unpaired) electrons. The zero-order valence-corrected chi connectivity index (χ0v) is 38.6. The van der Waals surface area contributed by atoms with Crippen LogP contribution in [0, 0.1) is 34.5 Å². The summed E-state index contributed by atoms with van der Waals surface area (Å²) in [5, 5.41) is 29.8. The van der Waals surface area contributed by atoms with Gasteiger partial charge < -0.3 is 31.9 Å². The molecule has 4 aromatic carbocycles. The highest BCUT2D eigenvalue weighted by atomic mass is 16.5. The fourth-order valence-corrected chi connectivity index (χ4v) is 8.93. The first kappa shape index (κ1) is 51.0. The van der Waals surface area contributed by atoms with Gasteiger partial charge in [0, 0.05) is 35.8 Å². The molecule has 2 aliphatic rings. The number of hydrogen-bond acceptors (Lipinski definition) is 9. The van der Waals surface area contributed by atoms with Crippen LogP contribution in [0.2, 0.25) is 0 Å². The van der Waals surface area contributed by atoms with E-state index >= 15 is 0 Å². The molecule has 0 spiro atoms. The van der Waals surface area contributed by atoms with Crippen molar-refractivity contribution in [2.24, 2.45) is 35.1 Å². The van der Waals surface area contributed by atoms with E-state index in [9.17, 15) is 28.8 Å². The van der Waals surface area contributed by atoms with Crippen LogP contribution in [0.5, 0.6) is 0 Å². The summed E-state index contributed by atoms with van der Waals surface area (Å²) in [5.41, 5.74) is 17.1. The molecular formula is C53H64N6O8. The lowest BCUT2D eigenvalue weighted by Gasteiger charge is -2.17. The van der Waals surface area contributed by atoms with Gasteiger partial charge in [0.15, 0.2) is 11.6 Å². The Bertz CT molecular complexity index is 2420. The average Bonchev–Trinajstić information content (AvgIpc) is 4.00. The number of carbonyl (C=O) groups is 6. The Morgan fingerprint density at radius 2 is 1.00 bits per heavy atom. The lowest BCUT2D eigenvalue weighted by Crippen LogP contribution is -2.41. The van der Waals surface area contributed by atoms with Gasteiger partial charge in [0.1, 0.15) is 11.7 Å². The molecule has 2 fully saturated rings. The number of aromatic carboxylic acids is 1. The zero-order valence-electron chi connectivity index (χ0n) is 38.6. The number of nitrogens with one attached hydrogen (secondary N) is 4. The van der Waals surface area contributed by atoms with Crippen LogP contribution in [0.15, 0.2) is 97.1 Å². The molecule has 0 saturated heterocycles. The molecule has 4 aromatic rings. The molecule has 0 aromatic heterocycles. The number of esters is 1. The molecule has 9 N–H and O–H groups in total. The molecule has 6 rings (SSSR count). The minimum absolute atomic E-state index is 0.00170. The first-order valence-corrected chi connectivity index (χ1v) is 23.0. The van der Waals surface area contributed by atoms with Crippen molar-refractivity contribution in [3.8, 4) is 0 Å². The monoisotopic (exact) mass is 912 g/mol. The van der Waals surface area contributed by atoms with E-state index in [2.05, 4.69) is 10.6 Å². The summed E-state index contributed by atoms with van der Waals surface area (Å²) < 4.78 is 4.79. The van der Waals surface area contributed by atoms with Crippen LogP contribution in [0.1, 0.15) is 119 Å². The highest BCUT2D eigenvalue weighted by Crippen LogP contribution is 2.35. The Hall–Kier alpha value is -6.96. The number of benzene rings is 4. The maximum atomic E-state index is 12.8. The number of carboxylic acid groups (broad SMARTS) is 1. The van der Waals surface area contributed by atoms with Gasteiger partial charge in [0.2, 0.25) is 11.8 Å². The smallest absolute Gasteiger partial charge is 0.337 e. The van der Waals surface area contributed by atoms with Crippen molar-refractivity contribution in [3.63, 3.8) is 0 Å². The minimum Gasteiger partial charge on any atom is -0.478 e. The largest absolute Gasteiger partial charge is 0.478 e. The molecule has 14 heteroatoms. The molecule has 0 heterocycles. The molecule has 6 atom stereocenters. The topological polar surface area (TPSA) is 256 Å². The second-order valence-electron chi connectivity index (χ2n) is 18.0. The van der Waals surface area contributed by atoms with Crippen molar-refractivity contribution >= 4 is 47.0 Å². The molecule has 14 nitrogen and oxygen atoms in total. The fraction of sp³-hybridized carbons (Fsp3) is 0.396. The summed E-state index contributed by atoms with van der Waals surface area (Å²) >= 11 is 0. The zero-order chi connectivity index (χ0) is 48.6. The number of nitrogens with two attached hydrogens (primary N) is 2. The van der Waals surface area contributed by atoms with Crippen molar-refractivity contribution < 1.29 is 38.6 Å². The van der Waals surface area contributed by atoms with Crippen molar-refractivity contribution in [2.75, 3.05) is 7.11 Å². The summed E-state index contributed by atoms with van der Waals surface area (Å²) in [6.07, 6.45) is 8.32. The number of carboxylic acids is 1. The molecule has 2 amide bonds. The number of rotatable bonds is 20. The molecular weight excluding hydrogens is 849 g/mol. The number of amides is 2. The Morgan fingerprint density at radius 3 is 1.39 bits per heavy atom. The third-order valence-corrected chi connectivity index (χ3v) is 12.9. The molecule has 0 aliphatic heterocycles. The molecule has 67 heavy (non-hydrogen) atoms. The number of hydrogen-bond donors (Lipinski definition) is 7. The molecule has 2 saturated carbocycles. The molecule has 354 valence electrons. The van der Waals surface area contributed by atoms with Crippen LogP contribution in [-0.2, 0) is 49.6 Å². The second kappa shape index (κ2) is 24.5. The van der Waals surface area contributed by atoms with Crippen LogP contribution in [0.3, 0.4) is 0 Å². The highest BCUT2D eigenvalue weighted by Gasteiger charge is 2.33. The van der Waals surface area contributed by atoms with E-state index in [-0.39, 0.29) is 58.4 Å². The van der Waals surface area contributed by atoms with Crippen LogP contribution in [-0.4, -0.2) is 71.3 Å². The third-order valence-electron chi connectivity index (χ3n) is 12.9. The molecule has 0 unspecified atom stereocenters. The average molecular weight is 913 g/mol. The first-order chi connectivity index (χ1) is 32.0. The van der Waals surface area contributed by atoms with E-state index < -0.39 is 18.1 Å². The maximum absolute atomic E-state index is 12.8. The Balaban J connectivity index is 0.000000251. The minimum atomic E-state index is -0.938. The Labute approximate surface area is 392 Å². The summed E-state index contributed by atoms with van der Waals surface area (Å²) in [7, 11) is 1.37. The SMILES string of the molecule is COC(=O)c1cccc(C[C@@H]2CC[C@@H](C(=O)N[C@@H](C)C(=O)CCc3ccc(C(=N)N)cc3)C2)c1.C[C@H](NC(=O)[C@@H]1CC[C@@H](Cc2cccc(C(=O)O)c2)C1)C(=O)CCc1ccc(C(=N)N)cc1. The Kier molecular flexibility index (Phi) is 18.7. The number of carbonyl (C=O) groups excluding carboxylic acids is 5. The number of nitrogen functional groups attached to an aromatic ring is 2. The number of ether oxygens (including phenoxy) is 1. The van der Waals surface area contributed by atoms with Crippen LogP contribution in [0.25, 0.3) is 0 Å². The summed E-state index contributed by atoms with van der Waals surface area (Å²) in [4.78, 5) is 73.4. The van der Waals surface area contributed by atoms with E-state index in [0.29, 0.717) is 54.2 Å². The standard InChI is InChI=1S/C27H33N3O4.C26H31N3O4/c1-17(24(31)13-9-18-6-10-21(11-7-18)25(28)29)30-26(32)22-12-8-20(15-22)14-19-4-3-5-23(16-19)27(33)34-2;1-16(23(30)12-8-17-5-9-20(10-6-17)24(27)28)29-25(31)21-11-7-19(14-21)13-18-3-2-4-22(15-18)26(32)33/h3-7,10-11,16-17,20,22H,8-9,12-15H2,1-2H3,(H3,28,29)(H,30,32);2-6,9-10,15-16,19,21H,7-8,11-14H2,1H3,(H3,27,28)(H,29,31)(H,32,33)/t17-,20-,22+;16-,19-,21+/m00/s1. The predicted molar refractivity (Wildman–Crippen MR) is 257 cm³/mol. The van der Waals surface area contributed by atoms with Gasteiger partial charge in [-0.2, -0.15) is 0 Å². The van der Waals surface area contributed by atoms with Crippen molar-refractivity contribution in [2.45, 2.75) is 103 Å². The van der Waals surface area contributed by atoms with Gasteiger partial charge in [-0.15, -0.1) is 0 Å². The number of amidine groups is 2. The van der Waals surface area contributed by atoms with Crippen LogP contribution in [0.4, 0.5) is 0 Å². The van der Waals surface area contributed by atoms with Gasteiger partial charge in [-0.3, -0.25) is 30.0 Å². The maximum Gasteiger partial charge on any atom is 0.337 e. The normalized spacial score (nSPS) is 18.3. The number of methoxy groups -OCH3 is 1. The predicted octanol–water partition coefficient (Wildman–Crippen LogP) is 6.76. The van der Waals surface area contributed by atoms with Crippen LogP contribution < -0.4 is 22.1 Å². The van der Waals surface area contributed by atoms with E-state index in [1.807, 2.05) is 48.5 Å². The summed E-state index contributed by atoms with van der Waals surface area (Å²) in [5.74, 6) is -0.932. The van der Waals surface area contributed by atoms with Gasteiger partial charge in [-0.25, -0.2) is 9.59 Å². The lowest BCUT2D eigenvalue weighted by atomic mass is 9.95. The number of Topliss-reactive ketones (excluding diaryl/α,β-unsaturated/α-hetero) is 2. The third kappa shape index (κ3) is 15.6. The van der Waals surface area contributed by atoms with Gasteiger partial charge in [0.25, 0.3) is 0 Å². The highest BCUT2D eigenvalue weighted by molar-refractivity contribution is 5.96. The van der Waals surface area contributed by atoms with Gasteiger partial charge in [-0.1, -0.05) is 72.8 Å². The van der Waals surface area contributed by atoms with Gasteiger partial charge in [-0.05, 0) is 136 Å². The quantitative estimate of drug-likeness (QED) is 0.0279. The van der Waals surface area contributed by atoms with E-state index in [4.69, 9.17) is 32.1 Å². The van der Waals surface area contributed by atoms with Crippen molar-refractivity contribution in [1.29, 1.82) is 10.8 Å². The van der Waals surface area contributed by atoms with E-state index in [0.717, 1.165) is 73.6 Å². The van der Waals surface area contributed by atoms with Gasteiger partial charge >= 0.3 is 11.9 Å². The van der Waals surface area contributed by atoms with E-state index in [1.54, 1.807) is 62.4 Å². The molecule has 0 bridgehead atoms. The van der Waals surface area contributed by atoms with E-state index in [1.165, 1.54) is 7.11 Å². The Morgan fingerprint density at radius 1 is 0.597 bits per heavy atom.